The normalized spacial score (nSPS) is 11.4. The molecule has 1 atom stereocenters. The molecule has 11 heteroatoms. The van der Waals surface area contributed by atoms with Crippen LogP contribution in [0.1, 0.15) is 38.9 Å². The number of nitro benzene ring substituents is 1. The average Bonchev–Trinajstić information content (AvgIpc) is 3.22. The molecule has 0 radical (unpaired) electrons. The molecular weight excluding hydrogens is 488 g/mol. The Kier molecular flexibility index (Phi) is 7.25. The average molecular weight is 511 g/mol. The van der Waals surface area contributed by atoms with E-state index in [0.29, 0.717) is 23.4 Å². The molecule has 0 aliphatic carbocycles. The maximum Gasteiger partial charge on any atom is 0.350 e. The molecule has 0 bridgehead atoms. The third-order valence-corrected chi connectivity index (χ3v) is 6.22. The molecule has 0 saturated carbocycles. The number of carbonyl (C=O) groups excluding carboxylic acids is 1. The van der Waals surface area contributed by atoms with Crippen LogP contribution in [0.3, 0.4) is 0 Å². The second kappa shape index (κ2) is 10.7. The summed E-state index contributed by atoms with van der Waals surface area (Å²) in [5.74, 6) is 0.0112. The van der Waals surface area contributed by atoms with E-state index in [0.717, 1.165) is 11.1 Å². The third-order valence-electron chi connectivity index (χ3n) is 6.22. The van der Waals surface area contributed by atoms with Gasteiger partial charge in [-0.2, -0.15) is 5.26 Å². The van der Waals surface area contributed by atoms with Gasteiger partial charge in [0.2, 0.25) is 0 Å². The lowest BCUT2D eigenvalue weighted by molar-refractivity contribution is -0.391. The molecule has 38 heavy (non-hydrogen) atoms. The number of nitrogens with one attached hydrogen (secondary N) is 1. The van der Waals surface area contributed by atoms with E-state index in [-0.39, 0.29) is 22.8 Å². The molecule has 190 valence electrons. The van der Waals surface area contributed by atoms with Gasteiger partial charge in [0.1, 0.15) is 0 Å². The van der Waals surface area contributed by atoms with E-state index >= 15 is 0 Å². The second-order valence-corrected chi connectivity index (χ2v) is 8.61. The second-order valence-electron chi connectivity index (χ2n) is 8.61. The van der Waals surface area contributed by atoms with Crippen molar-refractivity contribution in [3.63, 3.8) is 0 Å². The van der Waals surface area contributed by atoms with Crippen LogP contribution in [-0.2, 0) is 13.5 Å². The van der Waals surface area contributed by atoms with Gasteiger partial charge in [0, 0.05) is 30.2 Å². The summed E-state index contributed by atoms with van der Waals surface area (Å²) in [5, 5.41) is 34.6. The Morgan fingerprint density at radius 3 is 2.18 bits per heavy atom. The maximum absolute atomic E-state index is 13.0. The number of nitro groups is 2. The zero-order valence-electron chi connectivity index (χ0n) is 20.5. The topological polar surface area (TPSA) is 157 Å². The first-order valence-electron chi connectivity index (χ1n) is 11.5. The first kappa shape index (κ1) is 25.7. The predicted molar refractivity (Wildman–Crippen MR) is 138 cm³/mol. The van der Waals surface area contributed by atoms with Crippen LogP contribution in [-0.4, -0.2) is 25.3 Å². The number of imidazole rings is 1. The van der Waals surface area contributed by atoms with Crippen LogP contribution in [0.2, 0.25) is 0 Å². The summed E-state index contributed by atoms with van der Waals surface area (Å²) >= 11 is 0. The van der Waals surface area contributed by atoms with Gasteiger partial charge in [-0.05, 0) is 46.7 Å². The van der Waals surface area contributed by atoms with Crippen LogP contribution < -0.4 is 5.32 Å². The standard InChI is InChI=1S/C27H22N6O5/c1-17-29-25(27(31(17)2)33(37)38)21-9-3-18(4-10-21)15-24(20-7-5-19(16-28)6-8-20)30-26(34)22-11-13-23(14-12-22)32(35)36/h3-14,24H,15H2,1-2H3,(H,30,34)/t24-/m1/s1. The summed E-state index contributed by atoms with van der Waals surface area (Å²) in [6.45, 7) is 1.70. The molecule has 1 amide bonds. The Morgan fingerprint density at radius 1 is 1.00 bits per heavy atom. The number of benzene rings is 3. The lowest BCUT2D eigenvalue weighted by Gasteiger charge is -2.20. The summed E-state index contributed by atoms with van der Waals surface area (Å²) in [6.07, 6.45) is 0.383. The highest BCUT2D eigenvalue weighted by Crippen LogP contribution is 2.30. The highest BCUT2D eigenvalue weighted by molar-refractivity contribution is 5.94. The number of aromatic nitrogens is 2. The van der Waals surface area contributed by atoms with Crippen molar-refractivity contribution in [2.75, 3.05) is 0 Å². The fraction of sp³-hybridized carbons (Fsp3) is 0.148. The van der Waals surface area contributed by atoms with Crippen molar-refractivity contribution in [1.82, 2.24) is 14.9 Å². The molecule has 1 N–H and O–H groups in total. The minimum atomic E-state index is -0.536. The first-order valence-corrected chi connectivity index (χ1v) is 11.5. The number of aryl methyl sites for hydroxylation is 1. The molecule has 1 aromatic heterocycles. The molecule has 11 nitrogen and oxygen atoms in total. The number of nitrogens with zero attached hydrogens (tertiary/aromatic N) is 5. The van der Waals surface area contributed by atoms with Crippen molar-refractivity contribution in [3.8, 4) is 17.3 Å². The Hall–Kier alpha value is -5.37. The molecule has 3 aromatic carbocycles. The molecule has 4 rings (SSSR count). The lowest BCUT2D eigenvalue weighted by atomic mass is 9.96. The van der Waals surface area contributed by atoms with Crippen molar-refractivity contribution in [3.05, 3.63) is 121 Å². The number of amides is 1. The number of non-ortho nitro benzene ring substituents is 1. The largest absolute Gasteiger partial charge is 0.358 e. The van der Waals surface area contributed by atoms with Crippen LogP contribution in [0.15, 0.2) is 72.8 Å². The predicted octanol–water partition coefficient (Wildman–Crippen LogP) is 4.80. The van der Waals surface area contributed by atoms with Gasteiger partial charge in [0.15, 0.2) is 11.5 Å². The van der Waals surface area contributed by atoms with Crippen molar-refractivity contribution >= 4 is 17.4 Å². The molecule has 0 saturated heterocycles. The van der Waals surface area contributed by atoms with Gasteiger partial charge in [-0.3, -0.25) is 14.9 Å². The molecule has 0 spiro atoms. The van der Waals surface area contributed by atoms with Crippen molar-refractivity contribution in [2.45, 2.75) is 19.4 Å². The van der Waals surface area contributed by atoms with Crippen molar-refractivity contribution < 1.29 is 14.6 Å². The maximum atomic E-state index is 13.0. The number of carbonyl (C=O) groups is 1. The number of hydrogen-bond acceptors (Lipinski definition) is 7. The fourth-order valence-corrected chi connectivity index (χ4v) is 4.05. The van der Waals surface area contributed by atoms with Crippen LogP contribution in [0, 0.1) is 38.5 Å². The smallest absolute Gasteiger partial charge is 0.350 e. The van der Waals surface area contributed by atoms with Gasteiger partial charge >= 0.3 is 5.82 Å². The summed E-state index contributed by atoms with van der Waals surface area (Å²) < 4.78 is 1.43. The summed E-state index contributed by atoms with van der Waals surface area (Å²) in [6, 6.07) is 20.9. The van der Waals surface area contributed by atoms with E-state index in [1.807, 2.05) is 12.1 Å². The minimum absolute atomic E-state index is 0.0962. The number of rotatable bonds is 8. The molecule has 0 aliphatic rings. The Balaban J connectivity index is 1.61. The molecular formula is C27H22N6O5. The fourth-order valence-electron chi connectivity index (χ4n) is 4.05. The van der Waals surface area contributed by atoms with Crippen molar-refractivity contribution in [2.24, 2.45) is 7.05 Å². The Labute approximate surface area is 217 Å². The van der Waals surface area contributed by atoms with Gasteiger partial charge < -0.3 is 15.4 Å². The highest BCUT2D eigenvalue weighted by atomic mass is 16.6. The van der Waals surface area contributed by atoms with E-state index < -0.39 is 21.8 Å². The zero-order valence-corrected chi connectivity index (χ0v) is 20.5. The first-order chi connectivity index (χ1) is 18.2. The summed E-state index contributed by atoms with van der Waals surface area (Å²) in [5.41, 5.74) is 3.11. The van der Waals surface area contributed by atoms with E-state index in [1.165, 1.54) is 28.8 Å². The highest BCUT2D eigenvalue weighted by Gasteiger charge is 2.24. The van der Waals surface area contributed by atoms with Gasteiger partial charge in [0.05, 0.1) is 29.6 Å². The molecule has 0 aliphatic heterocycles. The zero-order chi connectivity index (χ0) is 27.4. The van der Waals surface area contributed by atoms with Crippen molar-refractivity contribution in [1.29, 1.82) is 5.26 Å². The Bertz CT molecular complexity index is 1550. The van der Waals surface area contributed by atoms with Gasteiger partial charge in [-0.15, -0.1) is 0 Å². The summed E-state index contributed by atoms with van der Waals surface area (Å²) in [7, 11) is 1.59. The van der Waals surface area contributed by atoms with E-state index in [2.05, 4.69) is 16.4 Å². The van der Waals surface area contributed by atoms with E-state index in [1.54, 1.807) is 50.4 Å². The van der Waals surface area contributed by atoms with E-state index in [9.17, 15) is 25.0 Å². The molecule has 1 heterocycles. The quantitative estimate of drug-likeness (QED) is 0.263. The van der Waals surface area contributed by atoms with Crippen LogP contribution >= 0.6 is 0 Å². The minimum Gasteiger partial charge on any atom is -0.358 e. The summed E-state index contributed by atoms with van der Waals surface area (Å²) in [4.78, 5) is 38.8. The number of hydrogen-bond donors (Lipinski definition) is 1. The van der Waals surface area contributed by atoms with Crippen LogP contribution in [0.4, 0.5) is 11.5 Å². The monoisotopic (exact) mass is 510 g/mol. The van der Waals surface area contributed by atoms with Crippen LogP contribution in [0.25, 0.3) is 11.3 Å². The van der Waals surface area contributed by atoms with Gasteiger partial charge in [0.25, 0.3) is 11.6 Å². The third kappa shape index (κ3) is 5.39. The molecule has 0 unspecified atom stereocenters. The Morgan fingerprint density at radius 2 is 1.63 bits per heavy atom. The lowest BCUT2D eigenvalue weighted by Crippen LogP contribution is -2.30. The SMILES string of the molecule is Cc1nc(-c2ccc(C[C@@H](NC(=O)c3ccc([N+](=O)[O-])cc3)c3ccc(C#N)cc3)cc2)c([N+](=O)[O-])n1C. The molecule has 4 aromatic rings. The van der Waals surface area contributed by atoms with E-state index in [4.69, 9.17) is 5.26 Å². The molecule has 0 fully saturated rings. The van der Waals surface area contributed by atoms with Gasteiger partial charge in [-0.25, -0.2) is 9.55 Å². The number of nitriles is 1. The van der Waals surface area contributed by atoms with Gasteiger partial charge in [-0.1, -0.05) is 36.4 Å². The van der Waals surface area contributed by atoms with Crippen LogP contribution in [0.5, 0.6) is 0 Å².